The Balaban J connectivity index is 3.81. The first-order valence-corrected chi connectivity index (χ1v) is 5.06. The van der Waals surface area contributed by atoms with Gasteiger partial charge in [0, 0.05) is 24.8 Å². The third kappa shape index (κ3) is 3.75. The highest BCUT2D eigenvalue weighted by Crippen LogP contribution is 2.04. The van der Waals surface area contributed by atoms with Crippen LogP contribution in [0.1, 0.15) is 20.3 Å². The molecule has 66 valence electrons. The minimum absolute atomic E-state index is 0.166. The van der Waals surface area contributed by atoms with Gasteiger partial charge < -0.3 is 4.90 Å². The van der Waals surface area contributed by atoms with Crippen molar-refractivity contribution in [2.45, 2.75) is 20.3 Å². The van der Waals surface area contributed by atoms with Crippen LogP contribution in [0.3, 0.4) is 0 Å². The molecule has 0 saturated carbocycles. The van der Waals surface area contributed by atoms with E-state index in [9.17, 15) is 4.79 Å². The highest BCUT2D eigenvalue weighted by atomic mass is 79.9. The summed E-state index contributed by atoms with van der Waals surface area (Å²) in [6, 6.07) is 0. The summed E-state index contributed by atoms with van der Waals surface area (Å²) in [6.07, 6.45) is 0.922. The van der Waals surface area contributed by atoms with Crippen molar-refractivity contribution in [3.63, 3.8) is 0 Å². The van der Waals surface area contributed by atoms with Gasteiger partial charge in [-0.25, -0.2) is 0 Å². The van der Waals surface area contributed by atoms with Gasteiger partial charge in [0.15, 0.2) is 0 Å². The van der Waals surface area contributed by atoms with Crippen LogP contribution in [-0.2, 0) is 4.79 Å². The lowest BCUT2D eigenvalue weighted by atomic mass is 10.1. The van der Waals surface area contributed by atoms with Crippen LogP contribution in [0.2, 0.25) is 0 Å². The second-order valence-electron chi connectivity index (χ2n) is 2.76. The highest BCUT2D eigenvalue weighted by Gasteiger charge is 2.14. The number of rotatable bonds is 4. The van der Waals surface area contributed by atoms with Gasteiger partial charge in [0.2, 0.25) is 5.91 Å². The fourth-order valence-electron chi connectivity index (χ4n) is 0.788. The first-order chi connectivity index (χ1) is 5.13. The smallest absolute Gasteiger partial charge is 0.225 e. The maximum Gasteiger partial charge on any atom is 0.225 e. The molecular weight excluding hydrogens is 206 g/mol. The first kappa shape index (κ1) is 11.0. The molecule has 0 aromatic carbocycles. The van der Waals surface area contributed by atoms with E-state index in [0.29, 0.717) is 0 Å². The zero-order valence-electron chi connectivity index (χ0n) is 7.43. The van der Waals surface area contributed by atoms with Crippen LogP contribution >= 0.6 is 15.9 Å². The lowest BCUT2D eigenvalue weighted by molar-refractivity contribution is -0.133. The molecule has 0 aliphatic carbocycles. The van der Waals surface area contributed by atoms with Crippen LogP contribution in [0.15, 0.2) is 0 Å². The molecule has 0 fully saturated rings. The normalized spacial score (nSPS) is 12.7. The summed E-state index contributed by atoms with van der Waals surface area (Å²) in [5.41, 5.74) is 0. The van der Waals surface area contributed by atoms with E-state index < -0.39 is 0 Å². The number of halogens is 1. The zero-order chi connectivity index (χ0) is 8.85. The lowest BCUT2D eigenvalue weighted by Gasteiger charge is -2.19. The fraction of sp³-hybridized carbons (Fsp3) is 0.875. The van der Waals surface area contributed by atoms with Gasteiger partial charge in [0.05, 0.1) is 0 Å². The van der Waals surface area contributed by atoms with E-state index in [0.717, 1.165) is 18.3 Å². The zero-order valence-corrected chi connectivity index (χ0v) is 9.02. The van der Waals surface area contributed by atoms with Gasteiger partial charge in [-0.2, -0.15) is 0 Å². The molecule has 2 nitrogen and oxygen atoms in total. The van der Waals surface area contributed by atoms with Crippen LogP contribution in [0.25, 0.3) is 0 Å². The Labute approximate surface area is 77.1 Å². The van der Waals surface area contributed by atoms with Gasteiger partial charge in [-0.15, -0.1) is 0 Å². The van der Waals surface area contributed by atoms with Crippen molar-refractivity contribution in [1.82, 2.24) is 4.90 Å². The Kier molecular flexibility index (Phi) is 5.56. The van der Waals surface area contributed by atoms with Crippen molar-refractivity contribution >= 4 is 21.8 Å². The molecule has 0 aromatic heterocycles. The molecule has 11 heavy (non-hydrogen) atoms. The minimum atomic E-state index is 0.166. The molecule has 1 unspecified atom stereocenters. The van der Waals surface area contributed by atoms with Gasteiger partial charge in [-0.05, 0) is 6.42 Å². The number of carbonyl (C=O) groups excluding carboxylic acids is 1. The third-order valence-corrected chi connectivity index (χ3v) is 2.18. The van der Waals surface area contributed by atoms with Gasteiger partial charge in [0.1, 0.15) is 0 Å². The molecule has 1 amide bonds. The van der Waals surface area contributed by atoms with Gasteiger partial charge in [-0.3, -0.25) is 4.79 Å². The van der Waals surface area contributed by atoms with E-state index in [1.54, 1.807) is 4.90 Å². The summed E-state index contributed by atoms with van der Waals surface area (Å²) in [4.78, 5) is 13.1. The largest absolute Gasteiger partial charge is 0.345 e. The predicted octanol–water partition coefficient (Wildman–Crippen LogP) is 1.89. The third-order valence-electron chi connectivity index (χ3n) is 1.83. The second-order valence-corrected chi connectivity index (χ2v) is 3.55. The highest BCUT2D eigenvalue weighted by molar-refractivity contribution is 9.09. The number of nitrogens with zero attached hydrogens (tertiary/aromatic N) is 1. The fourth-order valence-corrected chi connectivity index (χ4v) is 1.32. The average molecular weight is 222 g/mol. The van der Waals surface area contributed by atoms with Crippen molar-refractivity contribution in [2.24, 2.45) is 5.92 Å². The Morgan fingerprint density at radius 3 is 2.55 bits per heavy atom. The molecule has 3 heteroatoms. The number of hydrogen-bond acceptors (Lipinski definition) is 1. The molecule has 0 rings (SSSR count). The average Bonchev–Trinajstić information content (AvgIpc) is 2.02. The Hall–Kier alpha value is -0.0500. The molecule has 0 radical (unpaired) electrons. The SMILES string of the molecule is CCC(C)C(=O)N(C)CCBr. The number of carbonyl (C=O) groups is 1. The summed E-state index contributed by atoms with van der Waals surface area (Å²) in [5, 5.41) is 0.853. The van der Waals surface area contributed by atoms with Crippen LogP contribution in [0.4, 0.5) is 0 Å². The van der Waals surface area contributed by atoms with E-state index in [4.69, 9.17) is 0 Å². The Bertz CT molecular complexity index is 127. The molecule has 0 aromatic rings. The quantitative estimate of drug-likeness (QED) is 0.665. The first-order valence-electron chi connectivity index (χ1n) is 3.94. The summed E-state index contributed by atoms with van der Waals surface area (Å²) < 4.78 is 0. The second kappa shape index (κ2) is 5.58. The van der Waals surface area contributed by atoms with Crippen molar-refractivity contribution in [3.8, 4) is 0 Å². The minimum Gasteiger partial charge on any atom is -0.345 e. The van der Waals surface area contributed by atoms with E-state index in [1.165, 1.54) is 0 Å². The molecular formula is C8H16BrNO. The molecule has 0 saturated heterocycles. The van der Waals surface area contributed by atoms with Gasteiger partial charge >= 0.3 is 0 Å². The number of hydrogen-bond donors (Lipinski definition) is 0. The van der Waals surface area contributed by atoms with Crippen LogP contribution in [0.5, 0.6) is 0 Å². The van der Waals surface area contributed by atoms with Crippen molar-refractivity contribution in [1.29, 1.82) is 0 Å². The molecule has 0 aliphatic heterocycles. The molecule has 0 heterocycles. The molecule has 0 bridgehead atoms. The molecule has 0 N–H and O–H groups in total. The van der Waals surface area contributed by atoms with Gasteiger partial charge in [-0.1, -0.05) is 29.8 Å². The van der Waals surface area contributed by atoms with E-state index in [2.05, 4.69) is 15.9 Å². The van der Waals surface area contributed by atoms with Crippen LogP contribution < -0.4 is 0 Å². The Morgan fingerprint density at radius 1 is 1.64 bits per heavy atom. The topological polar surface area (TPSA) is 20.3 Å². The summed E-state index contributed by atoms with van der Waals surface area (Å²) in [7, 11) is 1.84. The maximum absolute atomic E-state index is 11.4. The maximum atomic E-state index is 11.4. The van der Waals surface area contributed by atoms with E-state index in [1.807, 2.05) is 20.9 Å². The summed E-state index contributed by atoms with van der Waals surface area (Å²) >= 11 is 3.30. The number of alkyl halides is 1. The molecule has 1 atom stereocenters. The molecule has 0 spiro atoms. The van der Waals surface area contributed by atoms with Crippen LogP contribution in [-0.4, -0.2) is 29.7 Å². The van der Waals surface area contributed by atoms with Gasteiger partial charge in [0.25, 0.3) is 0 Å². The number of amides is 1. The van der Waals surface area contributed by atoms with Crippen molar-refractivity contribution in [2.75, 3.05) is 18.9 Å². The van der Waals surface area contributed by atoms with E-state index >= 15 is 0 Å². The molecule has 0 aliphatic rings. The van der Waals surface area contributed by atoms with Crippen molar-refractivity contribution < 1.29 is 4.79 Å². The van der Waals surface area contributed by atoms with Crippen molar-refractivity contribution in [3.05, 3.63) is 0 Å². The Morgan fingerprint density at radius 2 is 2.18 bits per heavy atom. The van der Waals surface area contributed by atoms with Crippen LogP contribution in [0, 0.1) is 5.92 Å². The lowest BCUT2D eigenvalue weighted by Crippen LogP contribution is -2.32. The predicted molar refractivity (Wildman–Crippen MR) is 50.9 cm³/mol. The monoisotopic (exact) mass is 221 g/mol. The summed E-state index contributed by atoms with van der Waals surface area (Å²) in [5.74, 6) is 0.408. The van der Waals surface area contributed by atoms with E-state index in [-0.39, 0.29) is 11.8 Å². The summed E-state index contributed by atoms with van der Waals surface area (Å²) in [6.45, 7) is 4.79. The standard InChI is InChI=1S/C8H16BrNO/c1-4-7(2)8(11)10(3)6-5-9/h7H,4-6H2,1-3H3.